The first-order chi connectivity index (χ1) is 16.2. The molecule has 2 aromatic heterocycles. The van der Waals surface area contributed by atoms with Crippen molar-refractivity contribution >= 4 is 44.9 Å². The van der Waals surface area contributed by atoms with Crippen molar-refractivity contribution in [1.29, 1.82) is 0 Å². The Morgan fingerprint density at radius 1 is 0.606 bits per heavy atom. The molecule has 8 rings (SSSR count). The van der Waals surface area contributed by atoms with E-state index < -0.39 is 11.9 Å². The van der Waals surface area contributed by atoms with Gasteiger partial charge in [-0.15, -0.1) is 10.2 Å². The maximum atomic E-state index is 15.0. The van der Waals surface area contributed by atoms with Crippen LogP contribution in [0, 0.1) is 11.9 Å². The molecule has 33 heavy (non-hydrogen) atoms. The highest BCUT2D eigenvalue weighted by atomic mass is 19.1. The second kappa shape index (κ2) is 5.75. The molecule has 0 atom stereocenters. The zero-order valence-corrected chi connectivity index (χ0v) is 17.1. The first-order valence-electron chi connectivity index (χ1n) is 10.8. The second-order valence-corrected chi connectivity index (χ2v) is 8.62. The van der Waals surface area contributed by atoms with Crippen molar-refractivity contribution < 1.29 is 8.78 Å². The van der Waals surface area contributed by atoms with Gasteiger partial charge in [0.25, 0.3) is 6.71 Å². The van der Waals surface area contributed by atoms with E-state index in [1.54, 1.807) is 21.5 Å². The highest BCUT2D eigenvalue weighted by Gasteiger charge is 2.41. The molecule has 4 nitrogen and oxygen atoms in total. The summed E-state index contributed by atoms with van der Waals surface area (Å²) >= 11 is 0. The summed E-state index contributed by atoms with van der Waals surface area (Å²) in [6.45, 7) is -0.167. The lowest BCUT2D eigenvalue weighted by atomic mass is 9.34. The van der Waals surface area contributed by atoms with Crippen LogP contribution in [-0.4, -0.2) is 26.3 Å². The topological polar surface area (TPSA) is 35.6 Å². The molecule has 0 fully saturated rings. The van der Waals surface area contributed by atoms with Gasteiger partial charge in [0.2, 0.25) is 11.9 Å². The van der Waals surface area contributed by atoms with Gasteiger partial charge in [-0.1, -0.05) is 54.6 Å². The van der Waals surface area contributed by atoms with Crippen molar-refractivity contribution in [3.8, 4) is 22.5 Å². The smallest absolute Gasteiger partial charge is 0.231 e. The van der Waals surface area contributed by atoms with Crippen LogP contribution in [0.25, 0.3) is 44.3 Å². The summed E-state index contributed by atoms with van der Waals surface area (Å²) in [6.07, 6.45) is 0. The fraction of sp³-hybridized carbons (Fsp3) is 0. The van der Waals surface area contributed by atoms with E-state index in [9.17, 15) is 8.78 Å². The van der Waals surface area contributed by atoms with Crippen molar-refractivity contribution in [2.75, 3.05) is 0 Å². The second-order valence-electron chi connectivity index (χ2n) is 8.62. The molecule has 154 valence electrons. The third-order valence-electron chi connectivity index (χ3n) is 6.99. The maximum Gasteiger partial charge on any atom is 0.252 e. The monoisotopic (exact) mass is 430 g/mol. The minimum absolute atomic E-state index is 0.167. The SMILES string of the molecule is Fc1nn2c3c(cccc13)B1c3c-2cc(-c2ccccc2)cc3-n2nc(F)c3cccc1c32. The molecule has 0 bridgehead atoms. The molecule has 0 unspecified atom stereocenters. The summed E-state index contributed by atoms with van der Waals surface area (Å²) in [7, 11) is 0. The highest BCUT2D eigenvalue weighted by Crippen LogP contribution is 2.33. The first kappa shape index (κ1) is 17.3. The van der Waals surface area contributed by atoms with Gasteiger partial charge in [0.05, 0.1) is 33.2 Å². The van der Waals surface area contributed by atoms with Crippen LogP contribution in [0.4, 0.5) is 8.78 Å². The van der Waals surface area contributed by atoms with E-state index >= 15 is 0 Å². The van der Waals surface area contributed by atoms with E-state index in [1.165, 1.54) is 0 Å². The van der Waals surface area contributed by atoms with Gasteiger partial charge in [-0.25, -0.2) is 9.36 Å². The van der Waals surface area contributed by atoms with Crippen LogP contribution >= 0.6 is 0 Å². The third-order valence-corrected chi connectivity index (χ3v) is 6.99. The van der Waals surface area contributed by atoms with E-state index in [1.807, 2.05) is 66.7 Å². The normalized spacial score (nSPS) is 13.1. The molecule has 6 aromatic rings. The molecule has 0 saturated carbocycles. The third kappa shape index (κ3) is 2.01. The Kier molecular flexibility index (Phi) is 3.02. The first-order valence-corrected chi connectivity index (χ1v) is 10.8. The van der Waals surface area contributed by atoms with Gasteiger partial charge in [-0.3, -0.25) is 0 Å². The number of nitrogens with zero attached hydrogens (tertiary/aromatic N) is 4. The Morgan fingerprint density at radius 2 is 1.15 bits per heavy atom. The van der Waals surface area contributed by atoms with Crippen LogP contribution < -0.4 is 16.4 Å². The van der Waals surface area contributed by atoms with Crippen molar-refractivity contribution in [2.24, 2.45) is 0 Å². The molecule has 2 aliphatic heterocycles. The minimum atomic E-state index is -0.494. The Morgan fingerprint density at radius 3 is 1.70 bits per heavy atom. The molecule has 0 N–H and O–H groups in total. The zero-order chi connectivity index (χ0) is 21.8. The predicted molar refractivity (Wildman–Crippen MR) is 126 cm³/mol. The number of hydrogen-bond acceptors (Lipinski definition) is 2. The van der Waals surface area contributed by atoms with Crippen molar-refractivity contribution in [3.05, 3.63) is 90.8 Å². The number of aromatic nitrogens is 4. The lowest BCUT2D eigenvalue weighted by molar-refractivity contribution is 0.574. The van der Waals surface area contributed by atoms with E-state index in [2.05, 4.69) is 10.2 Å². The fourth-order valence-electron chi connectivity index (χ4n) is 5.67. The maximum absolute atomic E-state index is 15.0. The number of hydrogen-bond donors (Lipinski definition) is 0. The van der Waals surface area contributed by atoms with Crippen LogP contribution in [0.5, 0.6) is 0 Å². The fourth-order valence-corrected chi connectivity index (χ4v) is 5.67. The van der Waals surface area contributed by atoms with Gasteiger partial charge in [-0.2, -0.15) is 8.78 Å². The predicted octanol–water partition coefficient (Wildman–Crippen LogP) is 3.45. The molecule has 0 radical (unpaired) electrons. The molecular weight excluding hydrogens is 417 g/mol. The van der Waals surface area contributed by atoms with Gasteiger partial charge < -0.3 is 0 Å². The van der Waals surface area contributed by atoms with Crippen molar-refractivity contribution in [2.45, 2.75) is 0 Å². The number of rotatable bonds is 1. The zero-order valence-electron chi connectivity index (χ0n) is 17.1. The summed E-state index contributed by atoms with van der Waals surface area (Å²) in [5.41, 5.74) is 7.94. The molecule has 0 spiro atoms. The largest absolute Gasteiger partial charge is 0.252 e. The molecule has 0 saturated heterocycles. The average molecular weight is 430 g/mol. The molecule has 0 aliphatic carbocycles. The summed E-state index contributed by atoms with van der Waals surface area (Å²) in [5, 5.41) is 9.55. The Bertz CT molecular complexity index is 1690. The Balaban J connectivity index is 1.61. The standard InChI is InChI=1S/C26H13BF2N4/c28-25-16-8-4-10-18-23(16)32(30-25)20-12-15(14-6-2-1-3-7-14)13-21-22(20)27(18)19-11-5-9-17-24(19)33(21)31-26(17)29/h1-13H. The van der Waals surface area contributed by atoms with Crippen molar-refractivity contribution in [1.82, 2.24) is 19.6 Å². The lowest BCUT2D eigenvalue weighted by Crippen LogP contribution is -2.59. The van der Waals surface area contributed by atoms with E-state index in [0.717, 1.165) is 49.9 Å². The molecule has 4 heterocycles. The quantitative estimate of drug-likeness (QED) is 0.374. The molecule has 0 amide bonds. The van der Waals surface area contributed by atoms with Crippen LogP contribution in [0.15, 0.2) is 78.9 Å². The van der Waals surface area contributed by atoms with Crippen molar-refractivity contribution in [3.63, 3.8) is 0 Å². The number of benzene rings is 4. The summed E-state index contributed by atoms with van der Waals surface area (Å²) in [5.74, 6) is -0.988. The van der Waals surface area contributed by atoms with Gasteiger partial charge in [-0.05, 0) is 51.8 Å². The van der Waals surface area contributed by atoms with Gasteiger partial charge in [0.1, 0.15) is 0 Å². The van der Waals surface area contributed by atoms with Crippen LogP contribution in [0.3, 0.4) is 0 Å². The van der Waals surface area contributed by atoms with Gasteiger partial charge in [0.15, 0.2) is 0 Å². The number of halogens is 2. The Labute approximate surface area is 186 Å². The van der Waals surface area contributed by atoms with Gasteiger partial charge in [0, 0.05) is 0 Å². The molecule has 7 heteroatoms. The Hall–Kier alpha value is -4.26. The lowest BCUT2D eigenvalue weighted by Gasteiger charge is -2.32. The van der Waals surface area contributed by atoms with E-state index in [-0.39, 0.29) is 6.71 Å². The summed E-state index contributed by atoms with van der Waals surface area (Å²) < 4.78 is 33.3. The van der Waals surface area contributed by atoms with E-state index in [4.69, 9.17) is 0 Å². The molecule has 4 aromatic carbocycles. The highest BCUT2D eigenvalue weighted by molar-refractivity contribution is 7.00. The number of fused-ring (bicyclic) bond motifs is 4. The van der Waals surface area contributed by atoms with Crippen LogP contribution in [-0.2, 0) is 0 Å². The van der Waals surface area contributed by atoms with Gasteiger partial charge >= 0.3 is 0 Å². The summed E-state index contributed by atoms with van der Waals surface area (Å²) in [6, 6.07) is 25.4. The summed E-state index contributed by atoms with van der Waals surface area (Å²) in [4.78, 5) is 0. The number of para-hydroxylation sites is 2. The molecule has 2 aliphatic rings. The average Bonchev–Trinajstić information content (AvgIpc) is 3.38. The molecular formula is C26H13BF2N4. The minimum Gasteiger partial charge on any atom is -0.231 e. The van der Waals surface area contributed by atoms with E-state index in [0.29, 0.717) is 10.8 Å². The van der Waals surface area contributed by atoms with Crippen LogP contribution in [0.1, 0.15) is 0 Å². The van der Waals surface area contributed by atoms with Crippen LogP contribution in [0.2, 0.25) is 0 Å².